The van der Waals surface area contributed by atoms with Gasteiger partial charge in [0.1, 0.15) is 0 Å². The molecule has 0 N–H and O–H groups in total. The van der Waals surface area contributed by atoms with E-state index in [1.807, 2.05) is 0 Å². The average Bonchev–Trinajstić information content (AvgIpc) is 2.21. The molecule has 0 atom stereocenters. The van der Waals surface area contributed by atoms with Crippen LogP contribution in [-0.4, -0.2) is 25.1 Å². The molecule has 1 aromatic rings. The zero-order chi connectivity index (χ0) is 11.6. The normalized spacial score (nSPS) is 10.2. The van der Waals surface area contributed by atoms with Crippen LogP contribution in [0.2, 0.25) is 15.1 Å². The minimum absolute atomic E-state index is 0.162. The minimum Gasteiger partial charge on any atom is -0.274 e. The molecule has 0 fully saturated rings. The molecule has 0 saturated heterocycles. The molecule has 0 bridgehead atoms. The first-order chi connectivity index (χ1) is 6.97. The molecule has 0 saturated carbocycles. The number of hydroxylamine groups is 2. The van der Waals surface area contributed by atoms with E-state index in [0.29, 0.717) is 5.02 Å². The Labute approximate surface area is 102 Å². The lowest BCUT2D eigenvalue weighted by molar-refractivity contribution is -0.0756. The van der Waals surface area contributed by atoms with Gasteiger partial charge in [0.15, 0.2) is 0 Å². The highest BCUT2D eigenvalue weighted by Gasteiger charge is 2.17. The Morgan fingerprint density at radius 3 is 2.47 bits per heavy atom. The number of amides is 1. The van der Waals surface area contributed by atoms with E-state index in [0.717, 1.165) is 5.06 Å². The zero-order valence-electron chi connectivity index (χ0n) is 8.05. The van der Waals surface area contributed by atoms with E-state index >= 15 is 0 Å². The Kier molecular flexibility index (Phi) is 4.22. The van der Waals surface area contributed by atoms with E-state index in [-0.39, 0.29) is 15.6 Å². The Balaban J connectivity index is 3.19. The molecule has 0 radical (unpaired) electrons. The number of carbonyl (C=O) groups excluding carboxylic acids is 1. The lowest BCUT2D eigenvalue weighted by Crippen LogP contribution is -2.25. The van der Waals surface area contributed by atoms with Gasteiger partial charge >= 0.3 is 0 Å². The first-order valence-corrected chi connectivity index (χ1v) is 5.07. The molecule has 0 aromatic heterocycles. The Morgan fingerprint density at radius 2 is 1.93 bits per heavy atom. The van der Waals surface area contributed by atoms with E-state index in [1.165, 1.54) is 26.3 Å². The zero-order valence-corrected chi connectivity index (χ0v) is 10.3. The highest BCUT2D eigenvalue weighted by Crippen LogP contribution is 2.30. The van der Waals surface area contributed by atoms with Crippen molar-refractivity contribution in [2.75, 3.05) is 14.2 Å². The molecular formula is C9H8Cl3NO2. The molecule has 0 aliphatic heterocycles. The van der Waals surface area contributed by atoms with E-state index in [4.69, 9.17) is 39.6 Å². The molecule has 0 unspecified atom stereocenters. The molecule has 1 aromatic carbocycles. The van der Waals surface area contributed by atoms with Crippen LogP contribution < -0.4 is 0 Å². The monoisotopic (exact) mass is 267 g/mol. The first kappa shape index (κ1) is 12.6. The van der Waals surface area contributed by atoms with Crippen LogP contribution in [0.4, 0.5) is 0 Å². The predicted molar refractivity (Wildman–Crippen MR) is 60.6 cm³/mol. The maximum Gasteiger partial charge on any atom is 0.278 e. The summed E-state index contributed by atoms with van der Waals surface area (Å²) in [5, 5.41) is 1.78. The van der Waals surface area contributed by atoms with Gasteiger partial charge in [-0.15, -0.1) is 0 Å². The van der Waals surface area contributed by atoms with Crippen LogP contribution in [0.3, 0.4) is 0 Å². The van der Waals surface area contributed by atoms with Gasteiger partial charge in [0, 0.05) is 12.1 Å². The average molecular weight is 269 g/mol. The second-order valence-corrected chi connectivity index (χ2v) is 3.96. The summed E-state index contributed by atoms with van der Waals surface area (Å²) >= 11 is 17.4. The highest BCUT2D eigenvalue weighted by atomic mass is 35.5. The topological polar surface area (TPSA) is 29.5 Å². The van der Waals surface area contributed by atoms with Crippen molar-refractivity contribution in [2.45, 2.75) is 0 Å². The fourth-order valence-electron chi connectivity index (χ4n) is 0.964. The van der Waals surface area contributed by atoms with Crippen molar-refractivity contribution in [3.63, 3.8) is 0 Å². The van der Waals surface area contributed by atoms with Crippen LogP contribution in [-0.2, 0) is 4.84 Å². The van der Waals surface area contributed by atoms with Crippen LogP contribution in [0.1, 0.15) is 10.4 Å². The summed E-state index contributed by atoms with van der Waals surface area (Å²) in [6.45, 7) is 0. The summed E-state index contributed by atoms with van der Waals surface area (Å²) in [5.74, 6) is -0.410. The van der Waals surface area contributed by atoms with Gasteiger partial charge in [-0.3, -0.25) is 9.63 Å². The molecule has 0 heterocycles. The third kappa shape index (κ3) is 2.75. The maximum absolute atomic E-state index is 11.7. The van der Waals surface area contributed by atoms with Crippen LogP contribution in [0.15, 0.2) is 12.1 Å². The number of nitrogens with zero attached hydrogens (tertiary/aromatic N) is 1. The Bertz CT molecular complexity index is 395. The summed E-state index contributed by atoms with van der Waals surface area (Å²) in [6, 6.07) is 2.91. The molecule has 0 aliphatic rings. The third-order valence-corrected chi connectivity index (χ3v) is 2.80. The molecule has 1 rings (SSSR count). The number of halogens is 3. The van der Waals surface area contributed by atoms with Crippen molar-refractivity contribution in [3.05, 3.63) is 32.8 Å². The van der Waals surface area contributed by atoms with Crippen molar-refractivity contribution in [1.82, 2.24) is 5.06 Å². The van der Waals surface area contributed by atoms with Gasteiger partial charge in [-0.2, -0.15) is 0 Å². The second kappa shape index (κ2) is 5.03. The summed E-state index contributed by atoms with van der Waals surface area (Å²) in [6.07, 6.45) is 0. The van der Waals surface area contributed by atoms with E-state index in [2.05, 4.69) is 0 Å². The van der Waals surface area contributed by atoms with Gasteiger partial charge in [0.2, 0.25) is 0 Å². The van der Waals surface area contributed by atoms with Crippen LogP contribution in [0.5, 0.6) is 0 Å². The number of benzene rings is 1. The van der Waals surface area contributed by atoms with Gasteiger partial charge in [-0.05, 0) is 12.1 Å². The Hall–Kier alpha value is -0.480. The van der Waals surface area contributed by atoms with Crippen molar-refractivity contribution in [3.8, 4) is 0 Å². The predicted octanol–water partition coefficient (Wildman–Crippen LogP) is 3.28. The summed E-state index contributed by atoms with van der Waals surface area (Å²) in [4.78, 5) is 16.4. The summed E-state index contributed by atoms with van der Waals surface area (Å²) < 4.78 is 0. The quantitative estimate of drug-likeness (QED) is 0.608. The molecule has 3 nitrogen and oxygen atoms in total. The molecule has 0 aliphatic carbocycles. The van der Waals surface area contributed by atoms with E-state index in [9.17, 15) is 4.79 Å². The SMILES string of the molecule is CON(C)C(=O)c1cc(Cl)cc(Cl)c1Cl. The van der Waals surface area contributed by atoms with Gasteiger partial charge in [-0.25, -0.2) is 5.06 Å². The molecule has 82 valence electrons. The fourth-order valence-corrected chi connectivity index (χ4v) is 1.65. The van der Waals surface area contributed by atoms with Gasteiger partial charge in [0.25, 0.3) is 5.91 Å². The maximum atomic E-state index is 11.7. The smallest absolute Gasteiger partial charge is 0.274 e. The highest BCUT2D eigenvalue weighted by molar-refractivity contribution is 6.45. The summed E-state index contributed by atoms with van der Waals surface area (Å²) in [5.41, 5.74) is 0.207. The number of carbonyl (C=O) groups is 1. The largest absolute Gasteiger partial charge is 0.278 e. The molecular weight excluding hydrogens is 260 g/mol. The summed E-state index contributed by atoms with van der Waals surface area (Å²) in [7, 11) is 2.84. The van der Waals surface area contributed by atoms with Crippen LogP contribution in [0, 0.1) is 0 Å². The van der Waals surface area contributed by atoms with Crippen molar-refractivity contribution in [2.24, 2.45) is 0 Å². The number of hydrogen-bond acceptors (Lipinski definition) is 2. The Morgan fingerprint density at radius 1 is 1.33 bits per heavy atom. The number of hydrogen-bond donors (Lipinski definition) is 0. The molecule has 1 amide bonds. The third-order valence-electron chi connectivity index (χ3n) is 1.78. The molecule has 0 spiro atoms. The minimum atomic E-state index is -0.410. The number of rotatable bonds is 2. The standard InChI is InChI=1S/C9H8Cl3NO2/c1-13(15-2)9(14)6-3-5(10)4-7(11)8(6)12/h3-4H,1-2H3. The lowest BCUT2D eigenvalue weighted by Gasteiger charge is -2.15. The lowest BCUT2D eigenvalue weighted by atomic mass is 10.2. The van der Waals surface area contributed by atoms with Crippen molar-refractivity contribution < 1.29 is 9.63 Å². The molecule has 6 heteroatoms. The fraction of sp³-hybridized carbons (Fsp3) is 0.222. The van der Waals surface area contributed by atoms with E-state index in [1.54, 1.807) is 0 Å². The van der Waals surface area contributed by atoms with Crippen molar-refractivity contribution >= 4 is 40.7 Å². The van der Waals surface area contributed by atoms with Crippen LogP contribution >= 0.6 is 34.8 Å². The van der Waals surface area contributed by atoms with Gasteiger partial charge in [-0.1, -0.05) is 34.8 Å². The second-order valence-electron chi connectivity index (χ2n) is 2.73. The van der Waals surface area contributed by atoms with Crippen LogP contribution in [0.25, 0.3) is 0 Å². The van der Waals surface area contributed by atoms with E-state index < -0.39 is 5.91 Å². The van der Waals surface area contributed by atoms with Crippen molar-refractivity contribution in [1.29, 1.82) is 0 Å². The van der Waals surface area contributed by atoms with Gasteiger partial charge < -0.3 is 0 Å². The molecule has 15 heavy (non-hydrogen) atoms. The van der Waals surface area contributed by atoms with Gasteiger partial charge in [0.05, 0.1) is 22.7 Å². The first-order valence-electron chi connectivity index (χ1n) is 3.94.